The van der Waals surface area contributed by atoms with Crippen LogP contribution in [-0.4, -0.2) is 42.5 Å². The van der Waals surface area contributed by atoms with Gasteiger partial charge >= 0.3 is 0 Å². The first-order valence-electron chi connectivity index (χ1n) is 13.4. The van der Waals surface area contributed by atoms with Crippen LogP contribution in [0.5, 0.6) is 5.75 Å². The van der Waals surface area contributed by atoms with Crippen molar-refractivity contribution in [1.29, 1.82) is 0 Å². The maximum absolute atomic E-state index is 13.7. The zero-order valence-electron chi connectivity index (χ0n) is 23.3. The van der Waals surface area contributed by atoms with Crippen LogP contribution in [0.2, 0.25) is 0 Å². The van der Waals surface area contributed by atoms with Crippen molar-refractivity contribution in [2.45, 2.75) is 0 Å². The molecule has 0 bridgehead atoms. The number of furan rings is 1. The number of fused-ring (bicyclic) bond motifs is 2. The van der Waals surface area contributed by atoms with E-state index in [0.717, 1.165) is 11.1 Å². The van der Waals surface area contributed by atoms with Crippen molar-refractivity contribution < 1.29 is 18.3 Å². The molecule has 1 N–H and O–H groups in total. The number of carbonyl (C=O) groups excluding carboxylic acids is 1. The van der Waals surface area contributed by atoms with E-state index in [1.165, 1.54) is 35.2 Å². The predicted molar refractivity (Wildman–Crippen MR) is 165 cm³/mol. The van der Waals surface area contributed by atoms with E-state index in [0.29, 0.717) is 39.2 Å². The number of nitrogens with zero attached hydrogens (tertiary/aromatic N) is 4. The lowest BCUT2D eigenvalue weighted by atomic mass is 10.2. The molecule has 0 atom stereocenters. The molecule has 2 aromatic heterocycles. The molecule has 0 aliphatic rings. The number of rotatable bonds is 8. The first kappa shape index (κ1) is 27.4. The molecule has 0 aliphatic carbocycles. The van der Waals surface area contributed by atoms with E-state index in [-0.39, 0.29) is 18.0 Å². The molecule has 10 heteroatoms. The largest absolute Gasteiger partial charge is 0.483 e. The average Bonchev–Trinajstić information content (AvgIpc) is 3.45. The number of hydrogen-bond donors (Lipinski definition) is 1. The highest BCUT2D eigenvalue weighted by atomic mass is 19.1. The van der Waals surface area contributed by atoms with Crippen molar-refractivity contribution in [2.75, 3.05) is 30.9 Å². The fourth-order valence-electron chi connectivity index (χ4n) is 4.51. The smallest absolute Gasteiger partial charge is 0.282 e. The van der Waals surface area contributed by atoms with Gasteiger partial charge in [0, 0.05) is 42.5 Å². The van der Waals surface area contributed by atoms with E-state index < -0.39 is 11.7 Å². The average molecular weight is 576 g/mol. The molecule has 0 unspecified atom stereocenters. The number of carbonyl (C=O) groups is 1. The minimum absolute atomic E-state index is 0.238. The summed E-state index contributed by atoms with van der Waals surface area (Å²) in [6.07, 6.45) is 1.48. The van der Waals surface area contributed by atoms with Crippen LogP contribution in [0.1, 0.15) is 5.56 Å². The summed E-state index contributed by atoms with van der Waals surface area (Å²) in [5, 5.41) is 8.48. The Kier molecular flexibility index (Phi) is 7.40. The number of nitrogens with one attached hydrogen (secondary N) is 1. The normalized spacial score (nSPS) is 11.3. The number of hydrogen-bond acceptors (Lipinski definition) is 7. The van der Waals surface area contributed by atoms with Crippen molar-refractivity contribution in [1.82, 2.24) is 9.66 Å². The third kappa shape index (κ3) is 5.84. The number of benzene rings is 4. The van der Waals surface area contributed by atoms with Crippen LogP contribution >= 0.6 is 0 Å². The molecular weight excluding hydrogens is 549 g/mol. The van der Waals surface area contributed by atoms with E-state index in [1.54, 1.807) is 30.3 Å². The van der Waals surface area contributed by atoms with Crippen LogP contribution in [0.15, 0.2) is 111 Å². The van der Waals surface area contributed by atoms with Crippen LogP contribution in [0.3, 0.4) is 0 Å². The summed E-state index contributed by atoms with van der Waals surface area (Å²) in [7, 11) is 3.77. The molecule has 1 amide bonds. The van der Waals surface area contributed by atoms with Crippen molar-refractivity contribution in [3.05, 3.63) is 119 Å². The highest BCUT2D eigenvalue weighted by Gasteiger charge is 2.17. The lowest BCUT2D eigenvalue weighted by Crippen LogP contribution is -2.21. The lowest BCUT2D eigenvalue weighted by molar-refractivity contribution is -0.118. The van der Waals surface area contributed by atoms with Gasteiger partial charge in [-0.05, 0) is 60.7 Å². The Labute approximate surface area is 245 Å². The number of para-hydroxylation sites is 2. The Hall–Kier alpha value is -5.77. The molecule has 0 saturated heterocycles. The molecule has 4 aromatic carbocycles. The van der Waals surface area contributed by atoms with Crippen molar-refractivity contribution in [3.8, 4) is 17.3 Å². The molecule has 0 aliphatic heterocycles. The Morgan fingerprint density at radius 3 is 2.58 bits per heavy atom. The number of aromatic nitrogens is 2. The summed E-state index contributed by atoms with van der Waals surface area (Å²) in [5.74, 6) is 0.173. The van der Waals surface area contributed by atoms with E-state index in [9.17, 15) is 14.0 Å². The van der Waals surface area contributed by atoms with Crippen LogP contribution in [0.4, 0.5) is 15.8 Å². The third-order valence-electron chi connectivity index (χ3n) is 6.71. The van der Waals surface area contributed by atoms with Gasteiger partial charge in [0.25, 0.3) is 11.5 Å². The standard InChI is InChI=1S/C33H26FN5O4/c1-38(2)25-16-11-22(29(18-25)42-20-31(40)36-24-14-12-23(34)13-15-24)19-35-39-32(30-17-21-7-3-6-10-28(21)43-30)37-27-9-5-4-8-26(27)33(39)41/h3-19H,20H2,1-2H3,(H,36,40). The lowest BCUT2D eigenvalue weighted by Gasteiger charge is -2.16. The molecule has 2 heterocycles. The quantitative estimate of drug-likeness (QED) is 0.226. The van der Waals surface area contributed by atoms with Crippen LogP contribution < -0.4 is 20.5 Å². The summed E-state index contributed by atoms with van der Waals surface area (Å²) < 4.78 is 26.4. The van der Waals surface area contributed by atoms with Gasteiger partial charge in [-0.1, -0.05) is 30.3 Å². The number of ether oxygens (including phenoxy) is 1. The Morgan fingerprint density at radius 1 is 1.02 bits per heavy atom. The van der Waals surface area contributed by atoms with E-state index >= 15 is 0 Å². The van der Waals surface area contributed by atoms with Gasteiger partial charge in [-0.25, -0.2) is 9.37 Å². The third-order valence-corrected chi connectivity index (χ3v) is 6.71. The summed E-state index contributed by atoms with van der Waals surface area (Å²) in [5.41, 5.74) is 2.60. The van der Waals surface area contributed by atoms with Gasteiger partial charge in [0.2, 0.25) is 5.82 Å². The fourth-order valence-corrected chi connectivity index (χ4v) is 4.51. The van der Waals surface area contributed by atoms with Gasteiger partial charge in [0.15, 0.2) is 12.4 Å². The Morgan fingerprint density at radius 2 is 1.79 bits per heavy atom. The zero-order valence-corrected chi connectivity index (χ0v) is 23.3. The maximum Gasteiger partial charge on any atom is 0.282 e. The highest BCUT2D eigenvalue weighted by Crippen LogP contribution is 2.28. The first-order valence-corrected chi connectivity index (χ1v) is 13.4. The van der Waals surface area contributed by atoms with Gasteiger partial charge in [-0.3, -0.25) is 9.59 Å². The molecule has 6 aromatic rings. The number of halogens is 1. The van der Waals surface area contributed by atoms with Crippen molar-refractivity contribution >= 4 is 45.4 Å². The topological polar surface area (TPSA) is 102 Å². The Balaban J connectivity index is 1.36. The van der Waals surface area contributed by atoms with E-state index in [4.69, 9.17) is 14.1 Å². The minimum atomic E-state index is -0.424. The molecule has 43 heavy (non-hydrogen) atoms. The zero-order chi connectivity index (χ0) is 29.9. The van der Waals surface area contributed by atoms with Crippen molar-refractivity contribution in [3.63, 3.8) is 0 Å². The molecule has 0 spiro atoms. The molecule has 0 fully saturated rings. The Bertz CT molecular complexity index is 2010. The van der Waals surface area contributed by atoms with Crippen LogP contribution in [-0.2, 0) is 4.79 Å². The summed E-state index contributed by atoms with van der Waals surface area (Å²) >= 11 is 0. The van der Waals surface area contributed by atoms with Crippen LogP contribution in [0.25, 0.3) is 33.5 Å². The minimum Gasteiger partial charge on any atom is -0.483 e. The molecule has 9 nitrogen and oxygen atoms in total. The van der Waals surface area contributed by atoms with Gasteiger partial charge in [-0.15, -0.1) is 0 Å². The van der Waals surface area contributed by atoms with Gasteiger partial charge in [-0.2, -0.15) is 9.78 Å². The van der Waals surface area contributed by atoms with Gasteiger partial charge in [0.05, 0.1) is 17.1 Å². The molecular formula is C33H26FN5O4. The van der Waals surface area contributed by atoms with Gasteiger partial charge in [0.1, 0.15) is 17.1 Å². The second-order valence-electron chi connectivity index (χ2n) is 9.92. The highest BCUT2D eigenvalue weighted by molar-refractivity contribution is 5.92. The predicted octanol–water partition coefficient (Wildman–Crippen LogP) is 5.91. The number of amides is 1. The van der Waals surface area contributed by atoms with E-state index in [1.807, 2.05) is 61.5 Å². The SMILES string of the molecule is CN(C)c1ccc(C=Nn2c(-c3cc4ccccc4o3)nc3ccccc3c2=O)c(OCC(=O)Nc2ccc(F)cc2)c1. The fraction of sp³-hybridized carbons (Fsp3) is 0.0909. The second kappa shape index (κ2) is 11.6. The summed E-state index contributed by atoms with van der Waals surface area (Å²) in [4.78, 5) is 32.8. The molecule has 0 radical (unpaired) electrons. The summed E-state index contributed by atoms with van der Waals surface area (Å²) in [6, 6.07) is 27.3. The van der Waals surface area contributed by atoms with Crippen molar-refractivity contribution in [2.24, 2.45) is 5.10 Å². The van der Waals surface area contributed by atoms with E-state index in [2.05, 4.69) is 10.4 Å². The first-order chi connectivity index (χ1) is 20.9. The molecule has 214 valence electrons. The molecule has 0 saturated carbocycles. The number of anilines is 2. The second-order valence-corrected chi connectivity index (χ2v) is 9.92. The maximum atomic E-state index is 13.7. The monoisotopic (exact) mass is 575 g/mol. The van der Waals surface area contributed by atoms with Gasteiger partial charge < -0.3 is 19.4 Å². The molecule has 6 rings (SSSR count). The summed E-state index contributed by atoms with van der Waals surface area (Å²) in [6.45, 7) is -0.309. The van der Waals surface area contributed by atoms with Crippen LogP contribution in [0, 0.1) is 5.82 Å².